The van der Waals surface area contributed by atoms with Gasteiger partial charge in [-0.05, 0) is 66.0 Å². The first-order valence-electron chi connectivity index (χ1n) is 9.85. The zero-order valence-corrected chi connectivity index (χ0v) is 18.4. The summed E-state index contributed by atoms with van der Waals surface area (Å²) < 4.78 is 38.8. The van der Waals surface area contributed by atoms with Gasteiger partial charge in [0, 0.05) is 16.5 Å². The van der Waals surface area contributed by atoms with Gasteiger partial charge in [0.25, 0.3) is 10.0 Å². The first kappa shape index (κ1) is 21.3. The lowest BCUT2D eigenvalue weighted by atomic mass is 10.0. The predicted molar refractivity (Wildman–Crippen MR) is 127 cm³/mol. The number of sulfonamides is 1. The van der Waals surface area contributed by atoms with Crippen molar-refractivity contribution in [1.29, 1.82) is 0 Å². The summed E-state index contributed by atoms with van der Waals surface area (Å²) in [5.74, 6) is 7.71. The van der Waals surface area contributed by atoms with Crippen LogP contribution in [0.5, 0.6) is 11.5 Å². The van der Waals surface area contributed by atoms with Gasteiger partial charge in [-0.15, -0.1) is 0 Å². The Labute approximate surface area is 187 Å². The van der Waals surface area contributed by atoms with Crippen LogP contribution < -0.4 is 14.2 Å². The van der Waals surface area contributed by atoms with Gasteiger partial charge in [0.15, 0.2) is 0 Å². The fraction of sp³-hybridized carbons (Fsp3) is 0.0769. The van der Waals surface area contributed by atoms with Crippen LogP contribution in [0.4, 0.5) is 5.69 Å². The molecule has 6 heteroatoms. The highest BCUT2D eigenvalue weighted by Gasteiger charge is 2.16. The van der Waals surface area contributed by atoms with Gasteiger partial charge in [0.05, 0.1) is 24.8 Å². The van der Waals surface area contributed by atoms with Gasteiger partial charge in [0.2, 0.25) is 0 Å². The van der Waals surface area contributed by atoms with Gasteiger partial charge >= 0.3 is 0 Å². The van der Waals surface area contributed by atoms with Crippen LogP contribution in [0.15, 0.2) is 89.8 Å². The van der Waals surface area contributed by atoms with Crippen LogP contribution in [0.1, 0.15) is 11.1 Å². The van der Waals surface area contributed by atoms with E-state index in [2.05, 4.69) is 16.6 Å². The van der Waals surface area contributed by atoms with Crippen LogP contribution in [0, 0.1) is 11.8 Å². The van der Waals surface area contributed by atoms with E-state index in [1.54, 1.807) is 25.3 Å². The van der Waals surface area contributed by atoms with Crippen LogP contribution in [-0.2, 0) is 10.0 Å². The molecular formula is C26H21NO4S. The molecule has 0 radical (unpaired) electrons. The smallest absolute Gasteiger partial charge is 0.261 e. The lowest BCUT2D eigenvalue weighted by Gasteiger charge is -2.12. The summed E-state index contributed by atoms with van der Waals surface area (Å²) in [6, 6.07) is 24.9. The van der Waals surface area contributed by atoms with E-state index in [1.807, 2.05) is 54.6 Å². The molecule has 4 aromatic rings. The molecule has 160 valence electrons. The number of benzene rings is 4. The number of anilines is 1. The molecule has 32 heavy (non-hydrogen) atoms. The van der Waals surface area contributed by atoms with Crippen molar-refractivity contribution < 1.29 is 17.9 Å². The van der Waals surface area contributed by atoms with E-state index in [1.165, 1.54) is 19.2 Å². The Morgan fingerprint density at radius 3 is 1.91 bits per heavy atom. The molecule has 0 saturated carbocycles. The minimum Gasteiger partial charge on any atom is -0.497 e. The lowest BCUT2D eigenvalue weighted by Crippen LogP contribution is -2.13. The molecule has 0 amide bonds. The molecule has 4 rings (SSSR count). The Morgan fingerprint density at radius 2 is 1.28 bits per heavy atom. The van der Waals surface area contributed by atoms with Gasteiger partial charge in [-0.2, -0.15) is 0 Å². The minimum absolute atomic E-state index is 0.158. The van der Waals surface area contributed by atoms with Crippen LogP contribution in [0.3, 0.4) is 0 Å². The van der Waals surface area contributed by atoms with Crippen LogP contribution >= 0.6 is 0 Å². The first-order chi connectivity index (χ1) is 15.5. The second kappa shape index (κ2) is 9.04. The highest BCUT2D eigenvalue weighted by atomic mass is 32.2. The summed E-state index contributed by atoms with van der Waals surface area (Å²) >= 11 is 0. The Balaban J connectivity index is 1.68. The van der Waals surface area contributed by atoms with Crippen molar-refractivity contribution in [2.45, 2.75) is 4.90 Å². The number of ether oxygens (including phenoxy) is 2. The van der Waals surface area contributed by atoms with Crippen molar-refractivity contribution >= 4 is 26.5 Å². The Kier molecular flexibility index (Phi) is 6.02. The monoisotopic (exact) mass is 443 g/mol. The highest BCUT2D eigenvalue weighted by Crippen LogP contribution is 2.29. The largest absolute Gasteiger partial charge is 0.497 e. The summed E-state index contributed by atoms with van der Waals surface area (Å²) in [7, 11) is -0.601. The molecule has 0 spiro atoms. The maximum absolute atomic E-state index is 12.9. The molecule has 0 fully saturated rings. The Bertz CT molecular complexity index is 1420. The summed E-state index contributed by atoms with van der Waals surface area (Å²) in [6.07, 6.45) is 0. The van der Waals surface area contributed by atoms with Gasteiger partial charge in [0.1, 0.15) is 11.5 Å². The molecule has 1 N–H and O–H groups in total. The standard InChI is InChI=1S/C26H21NO4S/c1-30-21-12-8-19(9-13-21)7-10-20-11-18-26(25-6-4-3-5-24(20)25)27-32(28,29)23-16-14-22(31-2)15-17-23/h3-6,8-9,11-18,27H,1-2H3. The molecule has 4 aromatic carbocycles. The lowest BCUT2D eigenvalue weighted by molar-refractivity contribution is 0.414. The zero-order chi connectivity index (χ0) is 22.6. The van der Waals surface area contributed by atoms with Crippen molar-refractivity contribution in [3.63, 3.8) is 0 Å². The number of methoxy groups -OCH3 is 2. The SMILES string of the molecule is COc1ccc(C#Cc2ccc(NS(=O)(=O)c3ccc(OC)cc3)c3ccccc23)cc1. The number of hydrogen-bond acceptors (Lipinski definition) is 4. The van der Waals surface area contributed by atoms with Crippen LogP contribution in [0.2, 0.25) is 0 Å². The third kappa shape index (κ3) is 4.53. The predicted octanol–water partition coefficient (Wildman–Crippen LogP) is 5.06. The molecule has 5 nitrogen and oxygen atoms in total. The van der Waals surface area contributed by atoms with Gasteiger partial charge in [-0.3, -0.25) is 4.72 Å². The molecule has 0 aliphatic rings. The molecular weight excluding hydrogens is 422 g/mol. The van der Waals surface area contributed by atoms with Crippen molar-refractivity contribution in [2.24, 2.45) is 0 Å². The third-order valence-electron chi connectivity index (χ3n) is 4.97. The van der Waals surface area contributed by atoms with E-state index in [0.29, 0.717) is 11.4 Å². The summed E-state index contributed by atoms with van der Waals surface area (Å²) in [5, 5.41) is 1.63. The highest BCUT2D eigenvalue weighted by molar-refractivity contribution is 7.92. The van der Waals surface area contributed by atoms with Crippen LogP contribution in [0.25, 0.3) is 10.8 Å². The minimum atomic E-state index is -3.76. The van der Waals surface area contributed by atoms with Crippen LogP contribution in [-0.4, -0.2) is 22.6 Å². The number of nitrogens with one attached hydrogen (secondary N) is 1. The van der Waals surface area contributed by atoms with Crippen molar-refractivity contribution in [3.05, 3.63) is 96.1 Å². The average Bonchev–Trinajstić information content (AvgIpc) is 2.84. The summed E-state index contributed by atoms with van der Waals surface area (Å²) in [4.78, 5) is 0.158. The molecule has 0 aliphatic carbocycles. The molecule has 0 aromatic heterocycles. The quantitative estimate of drug-likeness (QED) is 0.438. The number of fused-ring (bicyclic) bond motifs is 1. The van der Waals surface area contributed by atoms with E-state index in [0.717, 1.165) is 27.6 Å². The number of hydrogen-bond donors (Lipinski definition) is 1. The number of rotatable bonds is 5. The normalized spacial score (nSPS) is 10.8. The second-order valence-electron chi connectivity index (χ2n) is 6.97. The maximum Gasteiger partial charge on any atom is 0.261 e. The molecule has 0 saturated heterocycles. The van der Waals surface area contributed by atoms with E-state index in [-0.39, 0.29) is 4.90 Å². The third-order valence-corrected chi connectivity index (χ3v) is 6.35. The Hall–Kier alpha value is -3.95. The van der Waals surface area contributed by atoms with Crippen molar-refractivity contribution in [1.82, 2.24) is 0 Å². The van der Waals surface area contributed by atoms with E-state index in [4.69, 9.17) is 9.47 Å². The molecule has 0 atom stereocenters. The molecule has 0 heterocycles. The van der Waals surface area contributed by atoms with Crippen molar-refractivity contribution in [3.8, 4) is 23.3 Å². The van der Waals surface area contributed by atoms with E-state index >= 15 is 0 Å². The molecule has 0 aliphatic heterocycles. The first-order valence-corrected chi connectivity index (χ1v) is 11.3. The van der Waals surface area contributed by atoms with Gasteiger partial charge in [-0.25, -0.2) is 8.42 Å². The average molecular weight is 444 g/mol. The van der Waals surface area contributed by atoms with Crippen molar-refractivity contribution in [2.75, 3.05) is 18.9 Å². The fourth-order valence-corrected chi connectivity index (χ4v) is 4.35. The second-order valence-corrected chi connectivity index (χ2v) is 8.65. The van der Waals surface area contributed by atoms with Gasteiger partial charge in [-0.1, -0.05) is 36.1 Å². The van der Waals surface area contributed by atoms with E-state index < -0.39 is 10.0 Å². The summed E-state index contributed by atoms with van der Waals surface area (Å²) in [5.41, 5.74) is 2.16. The maximum atomic E-state index is 12.9. The van der Waals surface area contributed by atoms with E-state index in [9.17, 15) is 8.42 Å². The Morgan fingerprint density at radius 1 is 0.688 bits per heavy atom. The topological polar surface area (TPSA) is 64.6 Å². The summed E-state index contributed by atoms with van der Waals surface area (Å²) in [6.45, 7) is 0. The fourth-order valence-electron chi connectivity index (χ4n) is 3.27. The molecule has 0 bridgehead atoms. The zero-order valence-electron chi connectivity index (χ0n) is 17.6. The molecule has 0 unspecified atom stereocenters. The van der Waals surface area contributed by atoms with Gasteiger partial charge < -0.3 is 9.47 Å².